The molecule has 1 aromatic rings. The SMILES string of the molecule is CC(=O)c1ccc(C#N)c(NCC(C(C)C)N2CCN(C)CC2)c1. The molecule has 24 heavy (non-hydrogen) atoms. The minimum absolute atomic E-state index is 0.0158. The summed E-state index contributed by atoms with van der Waals surface area (Å²) in [4.78, 5) is 16.5. The largest absolute Gasteiger partial charge is 0.382 e. The van der Waals surface area contributed by atoms with Crippen LogP contribution in [0.2, 0.25) is 0 Å². The Hall–Kier alpha value is -1.90. The lowest BCUT2D eigenvalue weighted by Gasteiger charge is -2.40. The van der Waals surface area contributed by atoms with E-state index in [9.17, 15) is 10.1 Å². The molecule has 1 saturated heterocycles. The van der Waals surface area contributed by atoms with E-state index in [1.807, 2.05) is 0 Å². The van der Waals surface area contributed by atoms with E-state index >= 15 is 0 Å². The monoisotopic (exact) mass is 328 g/mol. The molecule has 0 amide bonds. The third kappa shape index (κ3) is 4.56. The highest BCUT2D eigenvalue weighted by Gasteiger charge is 2.25. The first kappa shape index (κ1) is 18.4. The van der Waals surface area contributed by atoms with Crippen LogP contribution in [0.25, 0.3) is 0 Å². The molecule has 5 nitrogen and oxygen atoms in total. The molecular formula is C19H28N4O. The van der Waals surface area contributed by atoms with Crippen LogP contribution < -0.4 is 5.32 Å². The number of carbonyl (C=O) groups excluding carboxylic acids is 1. The van der Waals surface area contributed by atoms with Crippen molar-refractivity contribution in [1.29, 1.82) is 5.26 Å². The van der Waals surface area contributed by atoms with Crippen LogP contribution in [0.1, 0.15) is 36.7 Å². The first-order valence-electron chi connectivity index (χ1n) is 8.64. The van der Waals surface area contributed by atoms with E-state index in [1.54, 1.807) is 25.1 Å². The van der Waals surface area contributed by atoms with Crippen LogP contribution in [0.4, 0.5) is 5.69 Å². The van der Waals surface area contributed by atoms with Crippen molar-refractivity contribution in [2.75, 3.05) is 45.1 Å². The first-order valence-corrected chi connectivity index (χ1v) is 8.64. The number of nitrogens with one attached hydrogen (secondary N) is 1. The van der Waals surface area contributed by atoms with E-state index in [1.165, 1.54) is 0 Å². The van der Waals surface area contributed by atoms with Crippen LogP contribution in [-0.4, -0.2) is 61.4 Å². The zero-order valence-electron chi connectivity index (χ0n) is 15.2. The van der Waals surface area contributed by atoms with Gasteiger partial charge in [0.25, 0.3) is 0 Å². The van der Waals surface area contributed by atoms with Crippen LogP contribution >= 0.6 is 0 Å². The number of nitriles is 1. The molecule has 1 atom stereocenters. The summed E-state index contributed by atoms with van der Waals surface area (Å²) in [5, 5.41) is 12.7. The first-order chi connectivity index (χ1) is 11.4. The molecular weight excluding hydrogens is 300 g/mol. The van der Waals surface area contributed by atoms with Crippen molar-refractivity contribution in [3.05, 3.63) is 29.3 Å². The second-order valence-corrected chi connectivity index (χ2v) is 6.96. The zero-order valence-corrected chi connectivity index (χ0v) is 15.2. The second kappa shape index (κ2) is 8.27. The van der Waals surface area contributed by atoms with Crippen LogP contribution in [0.3, 0.4) is 0 Å². The molecule has 1 aliphatic rings. The molecule has 1 fully saturated rings. The lowest BCUT2D eigenvalue weighted by molar-refractivity contribution is 0.0944. The molecule has 0 aliphatic carbocycles. The summed E-state index contributed by atoms with van der Waals surface area (Å²) in [7, 11) is 2.16. The summed E-state index contributed by atoms with van der Waals surface area (Å²) in [6.07, 6.45) is 0. The number of carbonyl (C=O) groups is 1. The lowest BCUT2D eigenvalue weighted by atomic mass is 10.0. The van der Waals surface area contributed by atoms with Gasteiger partial charge < -0.3 is 10.2 Å². The molecule has 2 rings (SSSR count). The van der Waals surface area contributed by atoms with Crippen molar-refractivity contribution >= 4 is 11.5 Å². The number of nitrogens with zero attached hydrogens (tertiary/aromatic N) is 3. The average molecular weight is 328 g/mol. The summed E-state index contributed by atoms with van der Waals surface area (Å²) < 4.78 is 0. The van der Waals surface area contributed by atoms with E-state index < -0.39 is 0 Å². The molecule has 130 valence electrons. The van der Waals surface area contributed by atoms with Crippen LogP contribution in [-0.2, 0) is 0 Å². The molecule has 0 spiro atoms. The third-order valence-electron chi connectivity index (χ3n) is 4.82. The number of rotatable bonds is 6. The van der Waals surface area contributed by atoms with Gasteiger partial charge in [-0.2, -0.15) is 5.26 Å². The van der Waals surface area contributed by atoms with Gasteiger partial charge in [0.1, 0.15) is 6.07 Å². The van der Waals surface area contributed by atoms with Gasteiger partial charge in [0.05, 0.1) is 11.3 Å². The van der Waals surface area contributed by atoms with Crippen LogP contribution in [0.5, 0.6) is 0 Å². The minimum Gasteiger partial charge on any atom is -0.382 e. The fourth-order valence-electron chi connectivity index (χ4n) is 3.16. The van der Waals surface area contributed by atoms with Gasteiger partial charge in [-0.25, -0.2) is 0 Å². The Morgan fingerprint density at radius 3 is 2.50 bits per heavy atom. The normalized spacial score (nSPS) is 17.5. The molecule has 5 heteroatoms. The summed E-state index contributed by atoms with van der Waals surface area (Å²) in [6, 6.07) is 7.84. The quantitative estimate of drug-likeness (QED) is 0.813. The lowest BCUT2D eigenvalue weighted by Crippen LogP contribution is -2.52. The van der Waals surface area contributed by atoms with Gasteiger partial charge in [-0.1, -0.05) is 13.8 Å². The Kier molecular flexibility index (Phi) is 6.36. The van der Waals surface area contributed by atoms with E-state index in [-0.39, 0.29) is 5.78 Å². The summed E-state index contributed by atoms with van der Waals surface area (Å²) >= 11 is 0. The van der Waals surface area contributed by atoms with E-state index in [0.29, 0.717) is 23.1 Å². The number of likely N-dealkylation sites (N-methyl/N-ethyl adjacent to an activating group) is 1. The van der Waals surface area contributed by atoms with Gasteiger partial charge in [-0.3, -0.25) is 9.69 Å². The van der Waals surface area contributed by atoms with Gasteiger partial charge in [0, 0.05) is 44.3 Å². The Morgan fingerprint density at radius 1 is 1.29 bits per heavy atom. The van der Waals surface area contributed by atoms with Gasteiger partial charge >= 0.3 is 0 Å². The summed E-state index contributed by atoms with van der Waals surface area (Å²) in [5.74, 6) is 0.532. The molecule has 0 aromatic heterocycles. The second-order valence-electron chi connectivity index (χ2n) is 6.96. The molecule has 1 heterocycles. The Labute approximate surface area is 145 Å². The van der Waals surface area contributed by atoms with Crippen molar-refractivity contribution in [2.24, 2.45) is 5.92 Å². The number of hydrogen-bond donors (Lipinski definition) is 1. The van der Waals surface area contributed by atoms with Crippen LogP contribution in [0.15, 0.2) is 18.2 Å². The van der Waals surface area contributed by atoms with E-state index in [2.05, 4.69) is 42.1 Å². The molecule has 0 saturated carbocycles. The minimum atomic E-state index is 0.0158. The summed E-state index contributed by atoms with van der Waals surface area (Å²) in [5.41, 5.74) is 1.98. The fraction of sp³-hybridized carbons (Fsp3) is 0.579. The van der Waals surface area contributed by atoms with Crippen molar-refractivity contribution in [3.8, 4) is 6.07 Å². The number of hydrogen-bond acceptors (Lipinski definition) is 5. The number of benzene rings is 1. The van der Waals surface area contributed by atoms with Gasteiger partial charge in [-0.05, 0) is 38.1 Å². The van der Waals surface area contributed by atoms with Gasteiger partial charge in [0.2, 0.25) is 0 Å². The molecule has 0 bridgehead atoms. The van der Waals surface area contributed by atoms with E-state index in [0.717, 1.165) is 38.4 Å². The highest BCUT2D eigenvalue weighted by Crippen LogP contribution is 2.20. The third-order valence-corrected chi connectivity index (χ3v) is 4.82. The van der Waals surface area contributed by atoms with Crippen LogP contribution in [0, 0.1) is 17.2 Å². The number of ketones is 1. The fourth-order valence-corrected chi connectivity index (χ4v) is 3.16. The maximum atomic E-state index is 11.6. The summed E-state index contributed by atoms with van der Waals surface area (Å²) in [6.45, 7) is 11.1. The van der Waals surface area contributed by atoms with Crippen molar-refractivity contribution in [1.82, 2.24) is 9.80 Å². The van der Waals surface area contributed by atoms with E-state index in [4.69, 9.17) is 0 Å². The highest BCUT2D eigenvalue weighted by molar-refractivity contribution is 5.95. The van der Waals surface area contributed by atoms with Gasteiger partial charge in [-0.15, -0.1) is 0 Å². The molecule has 1 aromatic carbocycles. The number of anilines is 1. The number of Topliss-reactive ketones (excluding diaryl/α,β-unsaturated/α-hetero) is 1. The Bertz CT molecular complexity index is 612. The Morgan fingerprint density at radius 2 is 1.96 bits per heavy atom. The predicted molar refractivity (Wildman–Crippen MR) is 97.3 cm³/mol. The molecule has 1 N–H and O–H groups in total. The average Bonchev–Trinajstić information content (AvgIpc) is 2.56. The predicted octanol–water partition coefficient (Wildman–Crippen LogP) is 2.44. The van der Waals surface area contributed by atoms with Gasteiger partial charge in [0.15, 0.2) is 5.78 Å². The smallest absolute Gasteiger partial charge is 0.159 e. The van der Waals surface area contributed by atoms with Crippen molar-refractivity contribution in [3.63, 3.8) is 0 Å². The van der Waals surface area contributed by atoms with Crippen molar-refractivity contribution < 1.29 is 4.79 Å². The molecule has 1 unspecified atom stereocenters. The molecule has 0 radical (unpaired) electrons. The Balaban J connectivity index is 2.10. The standard InChI is InChI=1S/C19H28N4O/c1-14(2)19(23-9-7-22(4)8-10-23)13-21-18-11-16(15(3)24)5-6-17(18)12-20/h5-6,11,14,19,21H,7-10,13H2,1-4H3. The maximum absolute atomic E-state index is 11.6. The maximum Gasteiger partial charge on any atom is 0.159 e. The van der Waals surface area contributed by atoms with Crippen molar-refractivity contribution in [2.45, 2.75) is 26.8 Å². The number of piperazine rings is 1. The zero-order chi connectivity index (χ0) is 17.7. The highest BCUT2D eigenvalue weighted by atomic mass is 16.1. The molecule has 1 aliphatic heterocycles. The topological polar surface area (TPSA) is 59.4 Å².